The largest absolute Gasteiger partial charge is 0.508 e. The molecule has 1 aromatic carbocycles. The first-order chi connectivity index (χ1) is 12.4. The minimum Gasteiger partial charge on any atom is -0.508 e. The van der Waals surface area contributed by atoms with E-state index in [2.05, 4.69) is 10.0 Å². The fourth-order valence-corrected chi connectivity index (χ4v) is 2.74. The topological polar surface area (TPSA) is 143 Å². The Morgan fingerprint density at radius 1 is 0.885 bits per heavy atom. The van der Waals surface area contributed by atoms with Crippen LogP contribution >= 0.6 is 0 Å². The minimum absolute atomic E-state index is 0.00499. The van der Waals surface area contributed by atoms with E-state index in [-0.39, 0.29) is 36.9 Å². The third-order valence-corrected chi connectivity index (χ3v) is 4.43. The summed E-state index contributed by atoms with van der Waals surface area (Å²) in [7, 11) is -3.63. The molecule has 10 nitrogen and oxygen atoms in total. The Bertz CT molecular complexity index is 621. The molecule has 1 aromatic rings. The Hall–Kier alpha value is -1.92. The molecule has 11 heteroatoms. The summed E-state index contributed by atoms with van der Waals surface area (Å²) >= 11 is 0. The molecule has 0 radical (unpaired) electrons. The maximum absolute atomic E-state index is 11.9. The van der Waals surface area contributed by atoms with E-state index in [4.69, 9.17) is 24.4 Å². The van der Waals surface area contributed by atoms with Crippen molar-refractivity contribution in [2.45, 2.75) is 4.90 Å². The highest BCUT2D eigenvalue weighted by Gasteiger charge is 2.12. The number of sulfonamides is 1. The monoisotopic (exact) mass is 392 g/mol. The molecule has 0 saturated heterocycles. The van der Waals surface area contributed by atoms with Gasteiger partial charge in [0, 0.05) is 13.1 Å². The summed E-state index contributed by atoms with van der Waals surface area (Å²) in [5, 5.41) is 19.7. The quantitative estimate of drug-likeness (QED) is 0.324. The van der Waals surface area contributed by atoms with Crippen molar-refractivity contribution in [3.63, 3.8) is 0 Å². The molecular weight excluding hydrogens is 368 g/mol. The maximum Gasteiger partial charge on any atom is 0.404 e. The van der Waals surface area contributed by atoms with E-state index in [9.17, 15) is 13.2 Å². The second-order valence-electron chi connectivity index (χ2n) is 4.96. The number of hydrogen-bond acceptors (Lipinski definition) is 7. The number of phenols is 1. The SMILES string of the molecule is O=C(O)NCCOCCOCCOCCNS(=O)(=O)c1ccc(O)cc1. The average molecular weight is 392 g/mol. The van der Waals surface area contributed by atoms with Crippen molar-refractivity contribution in [3.8, 4) is 5.75 Å². The normalized spacial score (nSPS) is 11.4. The van der Waals surface area contributed by atoms with Gasteiger partial charge in [0.05, 0.1) is 44.5 Å². The first-order valence-corrected chi connectivity index (χ1v) is 9.39. The van der Waals surface area contributed by atoms with Crippen LogP contribution in [0.15, 0.2) is 29.2 Å². The maximum atomic E-state index is 11.9. The molecule has 0 aliphatic carbocycles. The lowest BCUT2D eigenvalue weighted by Gasteiger charge is -2.08. The lowest BCUT2D eigenvalue weighted by Crippen LogP contribution is -2.27. The number of carboxylic acid groups (broad SMARTS) is 1. The van der Waals surface area contributed by atoms with Crippen molar-refractivity contribution in [1.82, 2.24) is 10.0 Å². The van der Waals surface area contributed by atoms with E-state index in [0.29, 0.717) is 26.4 Å². The van der Waals surface area contributed by atoms with Crippen LogP contribution in [0.3, 0.4) is 0 Å². The van der Waals surface area contributed by atoms with E-state index in [1.165, 1.54) is 24.3 Å². The average Bonchev–Trinajstić information content (AvgIpc) is 2.59. The Morgan fingerprint density at radius 2 is 1.38 bits per heavy atom. The molecule has 1 amide bonds. The molecule has 4 N–H and O–H groups in total. The Morgan fingerprint density at radius 3 is 1.92 bits per heavy atom. The van der Waals surface area contributed by atoms with Crippen LogP contribution in [0.2, 0.25) is 0 Å². The standard InChI is InChI=1S/C15H24N2O8S/c18-13-1-3-14(4-2-13)26(21,22)17-6-8-24-10-12-25-11-9-23-7-5-16-15(19)20/h1-4,16-18H,5-12H2,(H,19,20). The predicted octanol–water partition coefficient (Wildman–Crippen LogP) is -0.0121. The summed E-state index contributed by atoms with van der Waals surface area (Å²) in [5.74, 6) is -0.00499. The molecule has 148 valence electrons. The van der Waals surface area contributed by atoms with Gasteiger partial charge >= 0.3 is 6.09 Å². The molecule has 0 aliphatic rings. The zero-order valence-corrected chi connectivity index (χ0v) is 15.0. The smallest absolute Gasteiger partial charge is 0.404 e. The zero-order chi connectivity index (χ0) is 19.3. The van der Waals surface area contributed by atoms with Crippen molar-refractivity contribution < 1.29 is 37.6 Å². The summed E-state index contributed by atoms with van der Waals surface area (Å²) in [6.07, 6.45) is -1.09. The number of rotatable bonds is 14. The summed E-state index contributed by atoms with van der Waals surface area (Å²) in [6.45, 7) is 2.13. The predicted molar refractivity (Wildman–Crippen MR) is 91.8 cm³/mol. The fourth-order valence-electron chi connectivity index (χ4n) is 1.73. The van der Waals surface area contributed by atoms with Gasteiger partial charge in [-0.05, 0) is 24.3 Å². The van der Waals surface area contributed by atoms with E-state index in [0.717, 1.165) is 0 Å². The van der Waals surface area contributed by atoms with E-state index in [1.807, 2.05) is 0 Å². The highest BCUT2D eigenvalue weighted by atomic mass is 32.2. The van der Waals surface area contributed by atoms with Gasteiger partial charge in [-0.15, -0.1) is 0 Å². The van der Waals surface area contributed by atoms with Crippen LogP contribution in [-0.4, -0.2) is 77.5 Å². The van der Waals surface area contributed by atoms with Gasteiger partial charge < -0.3 is 29.7 Å². The van der Waals surface area contributed by atoms with Gasteiger partial charge in [0.15, 0.2) is 0 Å². The molecule has 0 aromatic heterocycles. The Balaban J connectivity index is 1.96. The molecule has 0 saturated carbocycles. The van der Waals surface area contributed by atoms with Crippen LogP contribution in [0.4, 0.5) is 4.79 Å². The highest BCUT2D eigenvalue weighted by molar-refractivity contribution is 7.89. The number of aromatic hydroxyl groups is 1. The van der Waals surface area contributed by atoms with E-state index < -0.39 is 16.1 Å². The van der Waals surface area contributed by atoms with Crippen molar-refractivity contribution in [1.29, 1.82) is 0 Å². The van der Waals surface area contributed by atoms with Gasteiger partial charge in [-0.3, -0.25) is 0 Å². The summed E-state index contributed by atoms with van der Waals surface area (Å²) in [6, 6.07) is 5.22. The zero-order valence-electron chi connectivity index (χ0n) is 14.2. The number of carbonyl (C=O) groups is 1. The molecule has 0 aliphatic heterocycles. The molecule has 0 unspecified atom stereocenters. The number of nitrogens with one attached hydrogen (secondary N) is 2. The number of ether oxygens (including phenoxy) is 3. The summed E-state index contributed by atoms with van der Waals surface area (Å²) in [5.41, 5.74) is 0. The molecule has 0 fully saturated rings. The van der Waals surface area contributed by atoms with Gasteiger partial charge in [-0.2, -0.15) is 0 Å². The first kappa shape index (κ1) is 22.1. The third kappa shape index (κ3) is 10.2. The van der Waals surface area contributed by atoms with Gasteiger partial charge in [0.25, 0.3) is 0 Å². The Kier molecular flexibility index (Phi) is 10.6. The number of amides is 1. The second-order valence-corrected chi connectivity index (χ2v) is 6.73. The number of phenolic OH excluding ortho intramolecular Hbond substituents is 1. The molecule has 0 bridgehead atoms. The summed E-state index contributed by atoms with van der Waals surface area (Å²) in [4.78, 5) is 10.2. The number of hydrogen-bond donors (Lipinski definition) is 4. The van der Waals surface area contributed by atoms with Crippen LogP contribution in [0.25, 0.3) is 0 Å². The molecule has 0 atom stereocenters. The Labute approximate surface area is 152 Å². The van der Waals surface area contributed by atoms with Crippen LogP contribution in [0, 0.1) is 0 Å². The van der Waals surface area contributed by atoms with Gasteiger partial charge in [0.2, 0.25) is 10.0 Å². The van der Waals surface area contributed by atoms with E-state index >= 15 is 0 Å². The van der Waals surface area contributed by atoms with Crippen molar-refractivity contribution in [2.24, 2.45) is 0 Å². The van der Waals surface area contributed by atoms with Crippen molar-refractivity contribution >= 4 is 16.1 Å². The minimum atomic E-state index is -3.63. The molecule has 0 spiro atoms. The van der Waals surface area contributed by atoms with E-state index in [1.54, 1.807) is 0 Å². The second kappa shape index (κ2) is 12.4. The lowest BCUT2D eigenvalue weighted by molar-refractivity contribution is 0.0163. The third-order valence-electron chi connectivity index (χ3n) is 2.95. The van der Waals surface area contributed by atoms with Crippen LogP contribution in [0.5, 0.6) is 5.75 Å². The van der Waals surface area contributed by atoms with Gasteiger partial charge in [0.1, 0.15) is 5.75 Å². The lowest BCUT2D eigenvalue weighted by atomic mass is 10.3. The van der Waals surface area contributed by atoms with Gasteiger partial charge in [-0.1, -0.05) is 0 Å². The van der Waals surface area contributed by atoms with Crippen LogP contribution < -0.4 is 10.0 Å². The van der Waals surface area contributed by atoms with Crippen LogP contribution in [-0.2, 0) is 24.2 Å². The number of benzene rings is 1. The molecule has 1 rings (SSSR count). The van der Waals surface area contributed by atoms with Crippen molar-refractivity contribution in [2.75, 3.05) is 52.7 Å². The first-order valence-electron chi connectivity index (χ1n) is 7.90. The fraction of sp³-hybridized carbons (Fsp3) is 0.533. The van der Waals surface area contributed by atoms with Crippen LogP contribution in [0.1, 0.15) is 0 Å². The summed E-state index contributed by atoms with van der Waals surface area (Å²) < 4.78 is 41.9. The van der Waals surface area contributed by atoms with Gasteiger partial charge in [-0.25, -0.2) is 17.9 Å². The molecule has 0 heterocycles. The van der Waals surface area contributed by atoms with Crippen molar-refractivity contribution in [3.05, 3.63) is 24.3 Å². The molecule has 26 heavy (non-hydrogen) atoms. The highest BCUT2D eigenvalue weighted by Crippen LogP contribution is 2.13. The molecular formula is C15H24N2O8S.